The lowest BCUT2D eigenvalue weighted by Gasteiger charge is -2.28. The van der Waals surface area contributed by atoms with Gasteiger partial charge in [-0.05, 0) is 50.8 Å². The maximum atomic E-state index is 13.5. The monoisotopic (exact) mass is 435 g/mol. The van der Waals surface area contributed by atoms with Crippen LogP contribution in [0.1, 0.15) is 32.1 Å². The first kappa shape index (κ1) is 21.0. The van der Waals surface area contributed by atoms with E-state index in [1.165, 1.54) is 16.4 Å². The quantitative estimate of drug-likeness (QED) is 0.772. The van der Waals surface area contributed by atoms with Gasteiger partial charge in [0.25, 0.3) is 0 Å². The summed E-state index contributed by atoms with van der Waals surface area (Å²) in [4.78, 5) is -0.163. The summed E-state index contributed by atoms with van der Waals surface area (Å²) in [6.07, 6.45) is 4.05. The van der Waals surface area contributed by atoms with Crippen molar-refractivity contribution < 1.29 is 16.8 Å². The Hall–Kier alpha value is -0.710. The van der Waals surface area contributed by atoms with E-state index in [1.807, 2.05) is 0 Å². The minimum atomic E-state index is -3.88. The fourth-order valence-electron chi connectivity index (χ4n) is 4.39. The van der Waals surface area contributed by atoms with Crippen molar-refractivity contribution in [1.82, 2.24) is 13.9 Å². The van der Waals surface area contributed by atoms with E-state index in [0.717, 1.165) is 38.6 Å². The van der Waals surface area contributed by atoms with Crippen molar-refractivity contribution in [2.45, 2.75) is 54.0 Å². The number of hydrogen-bond donors (Lipinski definition) is 1. The lowest BCUT2D eigenvalue weighted by molar-refractivity contribution is 0.333. The molecule has 2 bridgehead atoms. The first-order valence-corrected chi connectivity index (χ1v) is 12.1. The third kappa shape index (κ3) is 3.65. The summed E-state index contributed by atoms with van der Waals surface area (Å²) in [5, 5.41) is 3.29. The number of nitrogens with one attached hydrogen (secondary N) is 1. The molecule has 3 aliphatic heterocycles. The molecule has 0 aliphatic carbocycles. The predicted molar refractivity (Wildman–Crippen MR) is 105 cm³/mol. The van der Waals surface area contributed by atoms with Gasteiger partial charge >= 0.3 is 0 Å². The third-order valence-electron chi connectivity index (χ3n) is 5.67. The number of sulfonamides is 2. The van der Waals surface area contributed by atoms with Gasteiger partial charge in [0.05, 0.1) is 0 Å². The van der Waals surface area contributed by atoms with Gasteiger partial charge in [-0.3, -0.25) is 0 Å². The molecule has 0 spiro atoms. The van der Waals surface area contributed by atoms with Gasteiger partial charge in [-0.2, -0.15) is 8.61 Å². The smallest absolute Gasteiger partial charge is 0.244 e. The molecule has 4 rings (SSSR count). The van der Waals surface area contributed by atoms with Crippen molar-refractivity contribution in [3.8, 4) is 0 Å². The molecule has 2 unspecified atom stereocenters. The van der Waals surface area contributed by atoms with Crippen molar-refractivity contribution in [3.63, 3.8) is 0 Å². The average molecular weight is 436 g/mol. The zero-order valence-electron chi connectivity index (χ0n) is 15.1. The molecule has 3 fully saturated rings. The number of benzene rings is 1. The van der Waals surface area contributed by atoms with Crippen LogP contribution in [0.5, 0.6) is 0 Å². The van der Waals surface area contributed by atoms with Gasteiger partial charge in [0.2, 0.25) is 20.0 Å². The summed E-state index contributed by atoms with van der Waals surface area (Å²) >= 11 is 0. The van der Waals surface area contributed by atoms with Gasteiger partial charge in [0, 0.05) is 31.7 Å². The fraction of sp³-hybridized carbons (Fsp3) is 0.647. The lowest BCUT2D eigenvalue weighted by atomic mass is 10.1. The molecule has 3 saturated heterocycles. The molecular formula is C17H26ClN3O4S2. The molecule has 3 aliphatic rings. The summed E-state index contributed by atoms with van der Waals surface area (Å²) in [5.74, 6) is 0. The Balaban J connectivity index is 0.00000210. The van der Waals surface area contributed by atoms with Crippen molar-refractivity contribution in [3.05, 3.63) is 24.3 Å². The van der Waals surface area contributed by atoms with Crippen LogP contribution in [-0.2, 0) is 20.0 Å². The van der Waals surface area contributed by atoms with Crippen LogP contribution >= 0.6 is 12.4 Å². The molecule has 3 heterocycles. The SMILES string of the molecule is Cl.O=S(=O)(c1ccccc1S(=O)(=O)N1C2CCNCC1CC2)N1CCCC1. The van der Waals surface area contributed by atoms with Crippen LogP contribution in [0.2, 0.25) is 0 Å². The third-order valence-corrected chi connectivity index (χ3v) is 9.82. The largest absolute Gasteiger partial charge is 0.315 e. The number of fused-ring (bicyclic) bond motifs is 2. The molecule has 10 heteroatoms. The average Bonchev–Trinajstić information content (AvgIpc) is 3.23. The minimum absolute atomic E-state index is 0. The number of nitrogens with zero attached hydrogens (tertiary/aromatic N) is 2. The van der Waals surface area contributed by atoms with E-state index in [0.29, 0.717) is 19.6 Å². The van der Waals surface area contributed by atoms with E-state index >= 15 is 0 Å². The van der Waals surface area contributed by atoms with Crippen LogP contribution in [0.4, 0.5) is 0 Å². The van der Waals surface area contributed by atoms with Gasteiger partial charge in [-0.15, -0.1) is 12.4 Å². The molecule has 2 atom stereocenters. The Morgan fingerprint density at radius 1 is 0.852 bits per heavy atom. The second-order valence-electron chi connectivity index (χ2n) is 7.27. The molecule has 0 aromatic heterocycles. The highest BCUT2D eigenvalue weighted by atomic mass is 35.5. The van der Waals surface area contributed by atoms with Crippen LogP contribution in [-0.4, -0.2) is 63.7 Å². The minimum Gasteiger partial charge on any atom is -0.315 e. The topological polar surface area (TPSA) is 86.8 Å². The first-order valence-electron chi connectivity index (χ1n) is 9.26. The molecule has 152 valence electrons. The second-order valence-corrected chi connectivity index (χ2v) is 11.0. The first-order chi connectivity index (χ1) is 12.4. The van der Waals surface area contributed by atoms with Crippen LogP contribution in [0.3, 0.4) is 0 Å². The summed E-state index contributed by atoms with van der Waals surface area (Å²) < 4.78 is 56.1. The molecule has 27 heavy (non-hydrogen) atoms. The predicted octanol–water partition coefficient (Wildman–Crippen LogP) is 1.41. The van der Waals surface area contributed by atoms with Gasteiger partial charge in [0.15, 0.2) is 0 Å². The van der Waals surface area contributed by atoms with Gasteiger partial charge < -0.3 is 5.32 Å². The van der Waals surface area contributed by atoms with Gasteiger partial charge in [0.1, 0.15) is 9.79 Å². The Morgan fingerprint density at radius 3 is 2.11 bits per heavy atom. The molecule has 7 nitrogen and oxygen atoms in total. The second kappa shape index (κ2) is 7.96. The van der Waals surface area contributed by atoms with E-state index in [4.69, 9.17) is 0 Å². The highest BCUT2D eigenvalue weighted by Crippen LogP contribution is 2.36. The van der Waals surface area contributed by atoms with Gasteiger partial charge in [-0.1, -0.05) is 12.1 Å². The van der Waals surface area contributed by atoms with Crippen LogP contribution in [0, 0.1) is 0 Å². The Morgan fingerprint density at radius 2 is 1.44 bits per heavy atom. The van der Waals surface area contributed by atoms with E-state index in [9.17, 15) is 16.8 Å². The van der Waals surface area contributed by atoms with E-state index in [-0.39, 0.29) is 34.3 Å². The van der Waals surface area contributed by atoms with Crippen molar-refractivity contribution in [2.24, 2.45) is 0 Å². The molecule has 1 aromatic carbocycles. The Labute approximate surface area is 167 Å². The van der Waals surface area contributed by atoms with E-state index < -0.39 is 20.0 Å². The molecule has 1 N–H and O–H groups in total. The molecular weight excluding hydrogens is 410 g/mol. The Bertz CT molecular complexity index is 871. The van der Waals surface area contributed by atoms with Crippen LogP contribution in [0.15, 0.2) is 34.1 Å². The zero-order valence-corrected chi connectivity index (χ0v) is 17.5. The van der Waals surface area contributed by atoms with Crippen molar-refractivity contribution in [2.75, 3.05) is 26.2 Å². The highest BCUT2D eigenvalue weighted by Gasteiger charge is 2.45. The standard InChI is InChI=1S/C17H25N3O4S2.ClH/c21-25(22,19-11-3-4-12-19)16-5-1-2-6-17(16)26(23,24)20-14-7-8-15(20)13-18-10-9-14;/h1-2,5-6,14-15,18H,3-4,7-13H2;1H. The summed E-state index contributed by atoms with van der Waals surface area (Å²) in [7, 11) is -7.68. The molecule has 0 radical (unpaired) electrons. The van der Waals surface area contributed by atoms with E-state index in [2.05, 4.69) is 5.32 Å². The maximum Gasteiger partial charge on any atom is 0.244 e. The lowest BCUT2D eigenvalue weighted by Crippen LogP contribution is -2.43. The van der Waals surface area contributed by atoms with Crippen molar-refractivity contribution >= 4 is 32.5 Å². The normalized spacial score (nSPS) is 27.3. The highest BCUT2D eigenvalue weighted by molar-refractivity contribution is 7.92. The van der Waals surface area contributed by atoms with Gasteiger partial charge in [-0.25, -0.2) is 16.8 Å². The number of halogens is 1. The molecule has 0 saturated carbocycles. The van der Waals surface area contributed by atoms with Crippen LogP contribution < -0.4 is 5.32 Å². The van der Waals surface area contributed by atoms with Crippen molar-refractivity contribution in [1.29, 1.82) is 0 Å². The molecule has 0 amide bonds. The summed E-state index contributed by atoms with van der Waals surface area (Å²) in [6, 6.07) is 5.92. The summed E-state index contributed by atoms with van der Waals surface area (Å²) in [6.45, 7) is 2.32. The Kier molecular flexibility index (Phi) is 6.20. The van der Waals surface area contributed by atoms with E-state index in [1.54, 1.807) is 16.4 Å². The van der Waals surface area contributed by atoms with Crippen LogP contribution in [0.25, 0.3) is 0 Å². The number of rotatable bonds is 4. The maximum absolute atomic E-state index is 13.5. The zero-order chi connectivity index (χ0) is 18.4. The fourth-order valence-corrected chi connectivity index (χ4v) is 8.59. The summed E-state index contributed by atoms with van der Waals surface area (Å²) in [5.41, 5.74) is 0. The molecule has 1 aromatic rings. The number of hydrogen-bond acceptors (Lipinski definition) is 5.